The summed E-state index contributed by atoms with van der Waals surface area (Å²) in [6.07, 6.45) is 2.07. The maximum absolute atomic E-state index is 12.8. The summed E-state index contributed by atoms with van der Waals surface area (Å²) in [6.45, 7) is 9.75. The molecule has 10 heteroatoms. The average Bonchev–Trinajstić information content (AvgIpc) is 3.07. The van der Waals surface area contributed by atoms with Gasteiger partial charge in [-0.2, -0.15) is 0 Å². The van der Waals surface area contributed by atoms with Gasteiger partial charge in [0, 0.05) is 12.2 Å². The van der Waals surface area contributed by atoms with E-state index >= 15 is 0 Å². The highest BCUT2D eigenvalue weighted by Crippen LogP contribution is 2.32. The molecular formula is C36H30O10. The maximum atomic E-state index is 12.8. The highest BCUT2D eigenvalue weighted by Gasteiger charge is 2.15. The van der Waals surface area contributed by atoms with Gasteiger partial charge in [0.15, 0.2) is 0 Å². The molecule has 0 heterocycles. The Hall–Kier alpha value is -6.16. The second-order valence-electron chi connectivity index (χ2n) is 9.65. The first-order valence-electron chi connectivity index (χ1n) is 13.9. The lowest BCUT2D eigenvalue weighted by atomic mass is 9.99. The number of benzene rings is 4. The van der Waals surface area contributed by atoms with E-state index in [9.17, 15) is 19.2 Å². The molecule has 4 rings (SSSR count). The van der Waals surface area contributed by atoms with E-state index in [-0.39, 0.29) is 13.6 Å². The summed E-state index contributed by atoms with van der Waals surface area (Å²) in [4.78, 5) is 47.6. The third-order valence-corrected chi connectivity index (χ3v) is 6.42. The Balaban J connectivity index is 1.34. The third-order valence-electron chi connectivity index (χ3n) is 6.42. The van der Waals surface area contributed by atoms with Crippen molar-refractivity contribution in [3.05, 3.63) is 132 Å². The van der Waals surface area contributed by atoms with E-state index in [1.165, 1.54) is 12.1 Å². The Bertz CT molecular complexity index is 1710. The number of rotatable bonds is 13. The van der Waals surface area contributed by atoms with Crippen LogP contribution in [0.1, 0.15) is 31.8 Å². The van der Waals surface area contributed by atoms with E-state index in [1.807, 2.05) is 38.1 Å². The van der Waals surface area contributed by atoms with Crippen LogP contribution >= 0.6 is 0 Å². The molecule has 0 atom stereocenters. The molecule has 0 aliphatic heterocycles. The lowest BCUT2D eigenvalue weighted by molar-refractivity contribution is -0.145. The molecule has 0 spiro atoms. The summed E-state index contributed by atoms with van der Waals surface area (Å²) in [6, 6.07) is 23.3. The molecule has 0 N–H and O–H groups in total. The quantitative estimate of drug-likeness (QED) is 0.0703. The highest BCUT2D eigenvalue weighted by molar-refractivity contribution is 5.92. The lowest BCUT2D eigenvalue weighted by Crippen LogP contribution is -2.11. The van der Waals surface area contributed by atoms with E-state index in [0.29, 0.717) is 34.1 Å². The van der Waals surface area contributed by atoms with Crippen molar-refractivity contribution in [2.75, 3.05) is 13.6 Å². The standard InChI is InChI=1S/C36H30O10/c1-5-32(37)43-21-41-29-13-9-26(10-14-29)35(39)45-31-17-7-25(8-18-31)28-19-23(3)34(24(4)20-28)46-36(40)27-11-15-30(16-12-27)42-22-44-33(38)6-2/h5-20H,1-2,21-22H2,3-4H3. The summed E-state index contributed by atoms with van der Waals surface area (Å²) in [7, 11) is 0. The lowest BCUT2D eigenvalue weighted by Gasteiger charge is -2.14. The van der Waals surface area contributed by atoms with Crippen molar-refractivity contribution < 1.29 is 47.6 Å². The summed E-state index contributed by atoms with van der Waals surface area (Å²) >= 11 is 0. The molecule has 0 fully saturated rings. The first kappa shape index (κ1) is 32.7. The van der Waals surface area contributed by atoms with Crippen molar-refractivity contribution in [3.8, 4) is 34.1 Å². The van der Waals surface area contributed by atoms with Crippen LogP contribution in [0.5, 0.6) is 23.0 Å². The smallest absolute Gasteiger partial charge is 0.343 e. The zero-order valence-electron chi connectivity index (χ0n) is 25.1. The van der Waals surface area contributed by atoms with E-state index in [4.69, 9.17) is 28.4 Å². The molecule has 0 saturated heterocycles. The van der Waals surface area contributed by atoms with Crippen LogP contribution in [0.25, 0.3) is 11.1 Å². The van der Waals surface area contributed by atoms with Crippen molar-refractivity contribution in [2.24, 2.45) is 0 Å². The number of ether oxygens (including phenoxy) is 6. The van der Waals surface area contributed by atoms with Crippen molar-refractivity contribution >= 4 is 23.9 Å². The molecule has 0 unspecified atom stereocenters. The number of carbonyl (C=O) groups is 4. The molecule has 0 radical (unpaired) electrons. The van der Waals surface area contributed by atoms with Crippen LogP contribution in [-0.2, 0) is 19.1 Å². The predicted molar refractivity (Wildman–Crippen MR) is 168 cm³/mol. The summed E-state index contributed by atoms with van der Waals surface area (Å²) in [5, 5.41) is 0. The largest absolute Gasteiger partial charge is 0.457 e. The fraction of sp³-hybridized carbons (Fsp3) is 0.111. The van der Waals surface area contributed by atoms with Crippen LogP contribution in [0, 0.1) is 13.8 Å². The SMILES string of the molecule is C=CC(=O)OCOc1ccc(C(=O)Oc2ccc(-c3cc(C)c(OC(=O)c4ccc(OCOC(=O)C=C)cc4)c(C)c3)cc2)cc1. The minimum absolute atomic E-state index is 0.279. The Morgan fingerprint density at radius 2 is 0.978 bits per heavy atom. The molecule has 0 aromatic heterocycles. The predicted octanol–water partition coefficient (Wildman–Crippen LogP) is 6.54. The van der Waals surface area contributed by atoms with Gasteiger partial charge in [0.1, 0.15) is 23.0 Å². The molecule has 0 aliphatic rings. The van der Waals surface area contributed by atoms with Crippen LogP contribution in [0.15, 0.2) is 110 Å². The molecule has 0 amide bonds. The van der Waals surface area contributed by atoms with Crippen LogP contribution in [-0.4, -0.2) is 37.5 Å². The van der Waals surface area contributed by atoms with Crippen LogP contribution in [0.4, 0.5) is 0 Å². The first-order valence-corrected chi connectivity index (χ1v) is 13.9. The van der Waals surface area contributed by atoms with Gasteiger partial charge in [-0.3, -0.25) is 0 Å². The van der Waals surface area contributed by atoms with Crippen LogP contribution in [0.2, 0.25) is 0 Å². The molecule has 4 aromatic carbocycles. The van der Waals surface area contributed by atoms with E-state index in [1.54, 1.807) is 48.5 Å². The van der Waals surface area contributed by atoms with Gasteiger partial charge in [-0.25, -0.2) is 19.2 Å². The fourth-order valence-electron chi connectivity index (χ4n) is 4.11. The Kier molecular flexibility index (Phi) is 11.1. The summed E-state index contributed by atoms with van der Waals surface area (Å²) < 4.78 is 31.3. The van der Waals surface area contributed by atoms with Crippen molar-refractivity contribution in [2.45, 2.75) is 13.8 Å². The van der Waals surface area contributed by atoms with Gasteiger partial charge in [0.05, 0.1) is 11.1 Å². The monoisotopic (exact) mass is 622 g/mol. The molecule has 0 bridgehead atoms. The second kappa shape index (κ2) is 15.5. The van der Waals surface area contributed by atoms with E-state index in [0.717, 1.165) is 34.4 Å². The Morgan fingerprint density at radius 3 is 1.41 bits per heavy atom. The van der Waals surface area contributed by atoms with Gasteiger partial charge in [0.2, 0.25) is 13.6 Å². The van der Waals surface area contributed by atoms with Gasteiger partial charge in [-0.05, 0) is 109 Å². The summed E-state index contributed by atoms with van der Waals surface area (Å²) in [5.41, 5.74) is 3.91. The maximum Gasteiger partial charge on any atom is 0.343 e. The highest BCUT2D eigenvalue weighted by atomic mass is 16.7. The minimum atomic E-state index is -0.603. The van der Waals surface area contributed by atoms with Crippen molar-refractivity contribution in [3.63, 3.8) is 0 Å². The van der Waals surface area contributed by atoms with Gasteiger partial charge in [-0.15, -0.1) is 0 Å². The number of hydrogen-bond donors (Lipinski definition) is 0. The molecule has 10 nitrogen and oxygen atoms in total. The minimum Gasteiger partial charge on any atom is -0.457 e. The fourth-order valence-corrected chi connectivity index (χ4v) is 4.11. The number of carbonyl (C=O) groups excluding carboxylic acids is 4. The molecule has 0 saturated carbocycles. The molecule has 46 heavy (non-hydrogen) atoms. The summed E-state index contributed by atoms with van der Waals surface area (Å²) in [5.74, 6) is -0.656. The van der Waals surface area contributed by atoms with Gasteiger partial charge < -0.3 is 28.4 Å². The number of hydrogen-bond acceptors (Lipinski definition) is 10. The topological polar surface area (TPSA) is 124 Å². The van der Waals surface area contributed by atoms with E-state index < -0.39 is 23.9 Å². The Labute approximate surface area is 265 Å². The molecule has 4 aromatic rings. The normalized spacial score (nSPS) is 10.2. The molecule has 234 valence electrons. The van der Waals surface area contributed by atoms with Crippen molar-refractivity contribution in [1.29, 1.82) is 0 Å². The molecular weight excluding hydrogens is 592 g/mol. The number of esters is 4. The van der Waals surface area contributed by atoms with Crippen LogP contribution < -0.4 is 18.9 Å². The second-order valence-corrected chi connectivity index (χ2v) is 9.65. The van der Waals surface area contributed by atoms with Crippen LogP contribution in [0.3, 0.4) is 0 Å². The number of aryl methyl sites for hydroxylation is 2. The van der Waals surface area contributed by atoms with Gasteiger partial charge >= 0.3 is 23.9 Å². The van der Waals surface area contributed by atoms with Gasteiger partial charge in [0.25, 0.3) is 0 Å². The zero-order chi connectivity index (χ0) is 33.1. The first-order chi connectivity index (χ1) is 22.2. The zero-order valence-corrected chi connectivity index (χ0v) is 25.1. The van der Waals surface area contributed by atoms with E-state index in [2.05, 4.69) is 13.2 Å². The average molecular weight is 623 g/mol. The van der Waals surface area contributed by atoms with Crippen molar-refractivity contribution in [1.82, 2.24) is 0 Å². The third kappa shape index (κ3) is 8.93. The molecule has 0 aliphatic carbocycles. The Morgan fingerprint density at radius 1 is 0.565 bits per heavy atom. The van der Waals surface area contributed by atoms with Gasteiger partial charge in [-0.1, -0.05) is 25.3 Å².